The van der Waals surface area contributed by atoms with Gasteiger partial charge < -0.3 is 14.7 Å². The lowest BCUT2D eigenvalue weighted by molar-refractivity contribution is 0.109. The molecule has 3 rings (SSSR count). The first-order chi connectivity index (χ1) is 12.6. The maximum atomic E-state index is 10.5. The first-order valence-corrected chi connectivity index (χ1v) is 9.62. The Morgan fingerprint density at radius 3 is 2.30 bits per heavy atom. The van der Waals surface area contributed by atoms with Gasteiger partial charge in [-0.15, -0.1) is 0 Å². The maximum Gasteiger partial charge on any atom is 0.294 e. The van der Waals surface area contributed by atoms with E-state index in [1.165, 1.54) is 12.1 Å². The van der Waals surface area contributed by atoms with Crippen molar-refractivity contribution in [2.24, 2.45) is 5.16 Å². The summed E-state index contributed by atoms with van der Waals surface area (Å²) in [5.74, 6) is 1.43. The number of benzene rings is 2. The maximum absolute atomic E-state index is 10.5. The number of hydrogen-bond acceptors (Lipinski definition) is 6. The van der Waals surface area contributed by atoms with Gasteiger partial charge in [-0.2, -0.15) is 8.42 Å². The van der Waals surface area contributed by atoms with Gasteiger partial charge in [-0.05, 0) is 45.0 Å². The Morgan fingerprint density at radius 1 is 1.15 bits per heavy atom. The number of nitrogens with zero attached hydrogens (tertiary/aromatic N) is 1. The summed E-state index contributed by atoms with van der Waals surface area (Å²) in [7, 11) is -2.41. The van der Waals surface area contributed by atoms with Gasteiger partial charge in [0.15, 0.2) is 0 Å². The zero-order valence-electron chi connectivity index (χ0n) is 15.6. The molecule has 0 radical (unpaired) electrons. The summed E-state index contributed by atoms with van der Waals surface area (Å²) in [4.78, 5) is -0.0666. The highest BCUT2D eigenvalue weighted by molar-refractivity contribution is 7.85. The van der Waals surface area contributed by atoms with Crippen LogP contribution in [-0.2, 0) is 10.1 Å². The Labute approximate surface area is 159 Å². The molecule has 2 aromatic carbocycles. The van der Waals surface area contributed by atoms with Crippen LogP contribution in [0, 0.1) is 6.92 Å². The molecule has 0 saturated carbocycles. The molecule has 146 valence electrons. The van der Waals surface area contributed by atoms with E-state index in [0.717, 1.165) is 16.9 Å². The summed E-state index contributed by atoms with van der Waals surface area (Å²) in [6.45, 7) is 5.76. The number of methoxy groups -OCH3 is 1. The van der Waals surface area contributed by atoms with Crippen LogP contribution in [0.1, 0.15) is 31.4 Å². The molecule has 0 aliphatic carbocycles. The van der Waals surface area contributed by atoms with Gasteiger partial charge >= 0.3 is 0 Å². The molecule has 2 N–H and O–H groups in total. The molecule has 0 bridgehead atoms. The fraction of sp³-hybridized carbons (Fsp3) is 0.316. The van der Waals surface area contributed by atoms with Crippen molar-refractivity contribution < 1.29 is 27.7 Å². The van der Waals surface area contributed by atoms with Gasteiger partial charge in [0.25, 0.3) is 10.1 Å². The van der Waals surface area contributed by atoms with E-state index in [4.69, 9.17) is 19.2 Å². The van der Waals surface area contributed by atoms with Crippen molar-refractivity contribution in [3.8, 4) is 11.5 Å². The largest absolute Gasteiger partial charge is 0.497 e. The smallest absolute Gasteiger partial charge is 0.294 e. The molecular formula is C19H23NO6S. The van der Waals surface area contributed by atoms with Gasteiger partial charge in [-0.1, -0.05) is 22.9 Å². The van der Waals surface area contributed by atoms with Gasteiger partial charge in [-0.25, -0.2) is 0 Å². The molecule has 0 atom stereocenters. The second-order valence-corrected chi connectivity index (χ2v) is 8.16. The Hall–Kier alpha value is -2.58. The predicted octanol–water partition coefficient (Wildman–Crippen LogP) is 3.68. The summed E-state index contributed by atoms with van der Waals surface area (Å²) in [6, 6.07) is 11.5. The third kappa shape index (κ3) is 5.45. The van der Waals surface area contributed by atoms with Crippen molar-refractivity contribution in [3.63, 3.8) is 0 Å². The van der Waals surface area contributed by atoms with Crippen LogP contribution in [0.4, 0.5) is 0 Å². The van der Waals surface area contributed by atoms with Crippen LogP contribution in [0.25, 0.3) is 0 Å². The van der Waals surface area contributed by atoms with Crippen molar-refractivity contribution in [3.05, 3.63) is 53.6 Å². The van der Waals surface area contributed by atoms with Crippen molar-refractivity contribution in [2.75, 3.05) is 7.11 Å². The van der Waals surface area contributed by atoms with E-state index in [-0.39, 0.29) is 10.5 Å². The van der Waals surface area contributed by atoms with E-state index in [1.807, 2.05) is 32.9 Å². The Kier molecular flexibility index (Phi) is 6.12. The van der Waals surface area contributed by atoms with E-state index < -0.39 is 10.1 Å². The second kappa shape index (κ2) is 7.98. The van der Waals surface area contributed by atoms with Crippen LogP contribution >= 0.6 is 0 Å². The van der Waals surface area contributed by atoms with E-state index in [9.17, 15) is 8.42 Å². The third-order valence-corrected chi connectivity index (χ3v) is 4.79. The normalized spacial score (nSPS) is 16.6. The summed E-state index contributed by atoms with van der Waals surface area (Å²) in [5.41, 5.74) is 2.06. The molecule has 0 aromatic heterocycles. The fourth-order valence-electron chi connectivity index (χ4n) is 2.58. The second-order valence-electron chi connectivity index (χ2n) is 6.74. The predicted molar refractivity (Wildman–Crippen MR) is 102 cm³/mol. The van der Waals surface area contributed by atoms with E-state index in [2.05, 4.69) is 5.16 Å². The molecule has 0 spiro atoms. The highest BCUT2D eigenvalue weighted by atomic mass is 32.2. The molecule has 1 aliphatic rings. The van der Waals surface area contributed by atoms with Gasteiger partial charge in [0, 0.05) is 18.1 Å². The topological polar surface area (TPSA) is 105 Å². The van der Waals surface area contributed by atoms with Crippen molar-refractivity contribution in [1.82, 2.24) is 0 Å². The minimum atomic E-state index is -4.02. The number of rotatable bonds is 2. The number of oxime groups is 1. The fourth-order valence-corrected chi connectivity index (χ4v) is 3.06. The van der Waals surface area contributed by atoms with Gasteiger partial charge in [-0.3, -0.25) is 4.55 Å². The summed E-state index contributed by atoms with van der Waals surface area (Å²) in [6.07, 6.45) is 0.586. The molecular weight excluding hydrogens is 370 g/mol. The molecule has 0 saturated heterocycles. The summed E-state index contributed by atoms with van der Waals surface area (Å²) < 4.78 is 40.5. The monoisotopic (exact) mass is 393 g/mol. The Balaban J connectivity index is 0.000000208. The molecule has 0 amide bonds. The highest BCUT2D eigenvalue weighted by Crippen LogP contribution is 2.35. The van der Waals surface area contributed by atoms with Crippen LogP contribution in [-0.4, -0.2) is 36.6 Å². The van der Waals surface area contributed by atoms with Crippen molar-refractivity contribution in [1.29, 1.82) is 0 Å². The number of aryl methyl sites for hydroxylation is 1. The summed E-state index contributed by atoms with van der Waals surface area (Å²) in [5, 5.41) is 12.3. The molecule has 8 heteroatoms. The lowest BCUT2D eigenvalue weighted by atomic mass is 9.92. The third-order valence-electron chi connectivity index (χ3n) is 3.92. The first-order valence-electron chi connectivity index (χ1n) is 8.18. The van der Waals surface area contributed by atoms with Crippen LogP contribution in [0.2, 0.25) is 0 Å². The average molecular weight is 393 g/mol. The van der Waals surface area contributed by atoms with Gasteiger partial charge in [0.05, 0.1) is 17.7 Å². The minimum absolute atomic E-state index is 0.0666. The number of hydrogen-bond donors (Lipinski definition) is 2. The molecule has 7 nitrogen and oxygen atoms in total. The van der Waals surface area contributed by atoms with Crippen molar-refractivity contribution in [2.45, 2.75) is 37.7 Å². The molecule has 1 heterocycles. The van der Waals surface area contributed by atoms with E-state index in [1.54, 1.807) is 25.3 Å². The van der Waals surface area contributed by atoms with Crippen LogP contribution < -0.4 is 9.47 Å². The van der Waals surface area contributed by atoms with Crippen molar-refractivity contribution >= 4 is 15.8 Å². The van der Waals surface area contributed by atoms with E-state index in [0.29, 0.717) is 17.9 Å². The lowest BCUT2D eigenvalue weighted by Crippen LogP contribution is -2.36. The van der Waals surface area contributed by atoms with Gasteiger partial charge in [0.1, 0.15) is 17.1 Å². The molecule has 2 aromatic rings. The van der Waals surface area contributed by atoms with E-state index >= 15 is 0 Å². The highest BCUT2D eigenvalue weighted by Gasteiger charge is 2.31. The molecule has 0 unspecified atom stereocenters. The molecule has 27 heavy (non-hydrogen) atoms. The number of fused-ring (bicyclic) bond motifs is 1. The molecule has 0 fully saturated rings. The zero-order valence-corrected chi connectivity index (χ0v) is 16.4. The Morgan fingerprint density at radius 2 is 1.78 bits per heavy atom. The Bertz CT molecular complexity index is 933. The zero-order chi connectivity index (χ0) is 20.2. The van der Waals surface area contributed by atoms with Gasteiger partial charge in [0.2, 0.25) is 0 Å². The first kappa shape index (κ1) is 20.7. The number of ether oxygens (including phenoxy) is 2. The SMILES string of the molecule is COc1ccc2c(c1)OC(C)(C)CC2=NO.Cc1ccc(S(=O)(=O)O)cc1. The summed E-state index contributed by atoms with van der Waals surface area (Å²) >= 11 is 0. The molecule has 1 aliphatic heterocycles. The van der Waals surface area contributed by atoms with Crippen LogP contribution in [0.15, 0.2) is 52.5 Å². The van der Waals surface area contributed by atoms with Crippen LogP contribution in [0.3, 0.4) is 0 Å². The average Bonchev–Trinajstić information content (AvgIpc) is 2.59. The van der Waals surface area contributed by atoms with Crippen LogP contribution in [0.5, 0.6) is 11.5 Å². The standard InChI is InChI=1S/C12H15NO3.C7H8O3S/c1-12(2)7-10(13-14)9-5-4-8(15-3)6-11(9)16-12;1-6-2-4-7(5-3-6)11(8,9)10/h4-6,14H,7H2,1-3H3;2-5H,1H3,(H,8,9,10). The lowest BCUT2D eigenvalue weighted by Gasteiger charge is -2.32. The minimum Gasteiger partial charge on any atom is -0.497 e. The quantitative estimate of drug-likeness (QED) is 0.458.